The van der Waals surface area contributed by atoms with Gasteiger partial charge in [-0.15, -0.1) is 0 Å². The van der Waals surface area contributed by atoms with Crippen LogP contribution in [0.15, 0.2) is 30.5 Å². The van der Waals surface area contributed by atoms with Crippen molar-refractivity contribution in [3.8, 4) is 0 Å². The monoisotopic (exact) mass is 272 g/mol. The van der Waals surface area contributed by atoms with Crippen molar-refractivity contribution in [3.63, 3.8) is 0 Å². The van der Waals surface area contributed by atoms with Crippen LogP contribution in [0.5, 0.6) is 0 Å². The second kappa shape index (κ2) is 6.23. The maximum atomic E-state index is 11.7. The van der Waals surface area contributed by atoms with Crippen LogP contribution in [-0.2, 0) is 4.79 Å². The molecule has 0 aliphatic carbocycles. The van der Waals surface area contributed by atoms with E-state index in [1.807, 2.05) is 24.3 Å². The molecular weight excluding hydrogens is 252 g/mol. The number of fused-ring (bicyclic) bond motifs is 1. The molecule has 0 saturated heterocycles. The first-order valence-corrected chi connectivity index (χ1v) is 6.71. The SMILES string of the molecule is CC(C)CNC(=O)CNc1ccnc2cc(N)ccc12. The van der Waals surface area contributed by atoms with Crippen LogP contribution in [0.25, 0.3) is 10.9 Å². The summed E-state index contributed by atoms with van der Waals surface area (Å²) in [5, 5.41) is 6.97. The van der Waals surface area contributed by atoms with Crippen LogP contribution < -0.4 is 16.4 Å². The number of nitrogens with one attached hydrogen (secondary N) is 2. The van der Waals surface area contributed by atoms with Crippen molar-refractivity contribution in [1.29, 1.82) is 0 Å². The minimum Gasteiger partial charge on any atom is -0.399 e. The van der Waals surface area contributed by atoms with Gasteiger partial charge in [-0.1, -0.05) is 13.8 Å². The molecule has 20 heavy (non-hydrogen) atoms. The Kier molecular flexibility index (Phi) is 4.40. The number of nitrogens with zero attached hydrogens (tertiary/aromatic N) is 1. The lowest BCUT2D eigenvalue weighted by Crippen LogP contribution is -2.32. The van der Waals surface area contributed by atoms with E-state index >= 15 is 0 Å². The Morgan fingerprint density at radius 3 is 2.90 bits per heavy atom. The second-order valence-electron chi connectivity index (χ2n) is 5.19. The fourth-order valence-electron chi connectivity index (χ4n) is 1.88. The molecule has 2 rings (SSSR count). The molecule has 106 valence electrons. The highest BCUT2D eigenvalue weighted by Gasteiger charge is 2.05. The highest BCUT2D eigenvalue weighted by atomic mass is 16.1. The third-order valence-corrected chi connectivity index (χ3v) is 2.91. The van der Waals surface area contributed by atoms with Gasteiger partial charge in [0.25, 0.3) is 0 Å². The fourth-order valence-corrected chi connectivity index (χ4v) is 1.88. The molecule has 0 aliphatic heterocycles. The van der Waals surface area contributed by atoms with Crippen LogP contribution in [0.4, 0.5) is 11.4 Å². The van der Waals surface area contributed by atoms with Crippen molar-refractivity contribution in [3.05, 3.63) is 30.5 Å². The van der Waals surface area contributed by atoms with Crippen LogP contribution in [-0.4, -0.2) is 24.0 Å². The number of pyridine rings is 1. The lowest BCUT2D eigenvalue weighted by molar-refractivity contribution is -0.119. The molecule has 0 saturated carbocycles. The number of nitrogens with two attached hydrogens (primary N) is 1. The highest BCUT2D eigenvalue weighted by Crippen LogP contribution is 2.22. The molecule has 2 aromatic rings. The number of aromatic nitrogens is 1. The molecule has 5 heteroatoms. The van der Waals surface area contributed by atoms with Crippen molar-refractivity contribution < 1.29 is 4.79 Å². The summed E-state index contributed by atoms with van der Waals surface area (Å²) in [7, 11) is 0. The molecule has 4 N–H and O–H groups in total. The molecule has 0 bridgehead atoms. The van der Waals surface area contributed by atoms with E-state index < -0.39 is 0 Å². The van der Waals surface area contributed by atoms with Gasteiger partial charge in [-0.25, -0.2) is 0 Å². The first kappa shape index (κ1) is 14.1. The number of benzene rings is 1. The summed E-state index contributed by atoms with van der Waals surface area (Å²) in [5.74, 6) is 0.433. The Balaban J connectivity index is 2.05. The Hall–Kier alpha value is -2.30. The van der Waals surface area contributed by atoms with Crippen LogP contribution >= 0.6 is 0 Å². The van der Waals surface area contributed by atoms with Gasteiger partial charge in [-0.2, -0.15) is 0 Å². The molecule has 0 atom stereocenters. The highest BCUT2D eigenvalue weighted by molar-refractivity contribution is 5.94. The Morgan fingerprint density at radius 1 is 1.35 bits per heavy atom. The summed E-state index contributed by atoms with van der Waals surface area (Å²) in [6, 6.07) is 7.41. The smallest absolute Gasteiger partial charge is 0.239 e. The number of hydrogen-bond acceptors (Lipinski definition) is 4. The summed E-state index contributed by atoms with van der Waals surface area (Å²) >= 11 is 0. The van der Waals surface area contributed by atoms with Gasteiger partial charge in [0.2, 0.25) is 5.91 Å². The Bertz CT molecular complexity index is 610. The van der Waals surface area contributed by atoms with Gasteiger partial charge in [-0.3, -0.25) is 9.78 Å². The van der Waals surface area contributed by atoms with E-state index in [4.69, 9.17) is 5.73 Å². The van der Waals surface area contributed by atoms with Gasteiger partial charge < -0.3 is 16.4 Å². The molecule has 1 heterocycles. The number of anilines is 2. The average Bonchev–Trinajstić information content (AvgIpc) is 2.42. The van der Waals surface area contributed by atoms with Crippen LogP contribution in [0, 0.1) is 5.92 Å². The quantitative estimate of drug-likeness (QED) is 0.727. The molecule has 1 aromatic heterocycles. The summed E-state index contributed by atoms with van der Waals surface area (Å²) in [6.45, 7) is 5.06. The number of amides is 1. The van der Waals surface area contributed by atoms with E-state index in [2.05, 4.69) is 29.5 Å². The normalized spacial score (nSPS) is 10.8. The lowest BCUT2D eigenvalue weighted by atomic mass is 10.1. The number of rotatable bonds is 5. The largest absolute Gasteiger partial charge is 0.399 e. The molecule has 0 unspecified atom stereocenters. The predicted molar refractivity (Wildman–Crippen MR) is 82.5 cm³/mol. The van der Waals surface area contributed by atoms with Crippen molar-refractivity contribution in [2.45, 2.75) is 13.8 Å². The molecular formula is C15H20N4O. The van der Waals surface area contributed by atoms with Crippen molar-refractivity contribution in [2.75, 3.05) is 24.1 Å². The second-order valence-corrected chi connectivity index (χ2v) is 5.19. The Morgan fingerprint density at radius 2 is 2.15 bits per heavy atom. The van der Waals surface area contributed by atoms with Gasteiger partial charge in [0.15, 0.2) is 0 Å². The van der Waals surface area contributed by atoms with Gasteiger partial charge in [-0.05, 0) is 30.2 Å². The molecule has 5 nitrogen and oxygen atoms in total. The molecule has 0 fully saturated rings. The third kappa shape index (κ3) is 3.60. The van der Waals surface area contributed by atoms with E-state index in [-0.39, 0.29) is 12.5 Å². The standard InChI is InChI=1S/C15H20N4O/c1-10(2)8-19-15(20)9-18-13-5-6-17-14-7-11(16)3-4-12(13)14/h3-7,10H,8-9,16H2,1-2H3,(H,17,18)(H,19,20). The fraction of sp³-hybridized carbons (Fsp3) is 0.333. The zero-order valence-corrected chi connectivity index (χ0v) is 11.8. The summed E-state index contributed by atoms with van der Waals surface area (Å²) in [5.41, 5.74) is 8.12. The zero-order valence-electron chi connectivity index (χ0n) is 11.8. The van der Waals surface area contributed by atoms with Crippen LogP contribution in [0.2, 0.25) is 0 Å². The topological polar surface area (TPSA) is 80.0 Å². The minimum atomic E-state index is -0.0147. The predicted octanol–water partition coefficient (Wildman–Crippen LogP) is 2.00. The number of hydrogen-bond donors (Lipinski definition) is 3. The van der Waals surface area contributed by atoms with Crippen LogP contribution in [0.3, 0.4) is 0 Å². The van der Waals surface area contributed by atoms with E-state index in [0.29, 0.717) is 18.2 Å². The number of carbonyl (C=O) groups excluding carboxylic acids is 1. The average molecular weight is 272 g/mol. The number of nitrogen functional groups attached to an aromatic ring is 1. The van der Waals surface area contributed by atoms with Gasteiger partial charge in [0.05, 0.1) is 12.1 Å². The summed E-state index contributed by atoms with van der Waals surface area (Å²) in [6.07, 6.45) is 1.70. The third-order valence-electron chi connectivity index (χ3n) is 2.91. The van der Waals surface area contributed by atoms with Gasteiger partial charge >= 0.3 is 0 Å². The first-order chi connectivity index (χ1) is 9.56. The zero-order chi connectivity index (χ0) is 14.5. The summed E-state index contributed by atoms with van der Waals surface area (Å²) < 4.78 is 0. The van der Waals surface area contributed by atoms with Crippen molar-refractivity contribution in [2.24, 2.45) is 5.92 Å². The molecule has 0 radical (unpaired) electrons. The van der Waals surface area contributed by atoms with E-state index in [0.717, 1.165) is 16.6 Å². The lowest BCUT2D eigenvalue weighted by Gasteiger charge is -2.11. The van der Waals surface area contributed by atoms with Crippen LogP contribution in [0.1, 0.15) is 13.8 Å². The molecule has 1 amide bonds. The Labute approximate surface area is 118 Å². The van der Waals surface area contributed by atoms with E-state index in [9.17, 15) is 4.79 Å². The van der Waals surface area contributed by atoms with E-state index in [1.165, 1.54) is 0 Å². The van der Waals surface area contributed by atoms with Crippen molar-refractivity contribution >= 4 is 28.2 Å². The molecule has 0 spiro atoms. The van der Waals surface area contributed by atoms with Gasteiger partial charge in [0, 0.05) is 29.5 Å². The minimum absolute atomic E-state index is 0.0147. The molecule has 0 aliphatic rings. The summed E-state index contributed by atoms with van der Waals surface area (Å²) in [4.78, 5) is 16.0. The number of carbonyl (C=O) groups is 1. The maximum Gasteiger partial charge on any atom is 0.239 e. The molecule has 1 aromatic carbocycles. The van der Waals surface area contributed by atoms with E-state index in [1.54, 1.807) is 6.20 Å². The first-order valence-electron chi connectivity index (χ1n) is 6.71. The van der Waals surface area contributed by atoms with Gasteiger partial charge in [0.1, 0.15) is 0 Å². The van der Waals surface area contributed by atoms with Crippen molar-refractivity contribution in [1.82, 2.24) is 10.3 Å². The maximum absolute atomic E-state index is 11.7.